The van der Waals surface area contributed by atoms with Crippen LogP contribution < -0.4 is 10.6 Å². The van der Waals surface area contributed by atoms with E-state index in [1.165, 1.54) is 12.0 Å². The van der Waals surface area contributed by atoms with Crippen molar-refractivity contribution in [1.82, 2.24) is 15.6 Å². The molecule has 0 saturated heterocycles. The zero-order chi connectivity index (χ0) is 15.9. The maximum absolute atomic E-state index is 4.39. The molecule has 0 aromatic carbocycles. The molecule has 1 heterocycles. The first-order valence-electron chi connectivity index (χ1n) is 7.69. The third-order valence-corrected chi connectivity index (χ3v) is 3.48. The van der Waals surface area contributed by atoms with Crippen molar-refractivity contribution >= 4 is 29.9 Å². The highest BCUT2D eigenvalue weighted by molar-refractivity contribution is 14.0. The number of hydrogen-bond acceptors (Lipinski definition) is 2. The highest BCUT2D eigenvalue weighted by Crippen LogP contribution is 2.21. The predicted octanol–water partition coefficient (Wildman–Crippen LogP) is 3.89. The molecular formula is C17H31IN4. The van der Waals surface area contributed by atoms with E-state index in [9.17, 15) is 0 Å². The second-order valence-corrected chi connectivity index (χ2v) is 6.84. The Morgan fingerprint density at radius 3 is 2.59 bits per heavy atom. The molecule has 1 rings (SSSR count). The second kappa shape index (κ2) is 10.0. The Labute approximate surface area is 152 Å². The van der Waals surface area contributed by atoms with E-state index < -0.39 is 0 Å². The molecule has 0 aliphatic carbocycles. The summed E-state index contributed by atoms with van der Waals surface area (Å²) < 4.78 is 0. The van der Waals surface area contributed by atoms with Crippen LogP contribution in [0.15, 0.2) is 23.3 Å². The topological polar surface area (TPSA) is 49.3 Å². The number of guanidine groups is 1. The van der Waals surface area contributed by atoms with Crippen molar-refractivity contribution in [2.75, 3.05) is 7.05 Å². The number of halogens is 1. The first-order valence-corrected chi connectivity index (χ1v) is 7.69. The van der Waals surface area contributed by atoms with Gasteiger partial charge < -0.3 is 10.6 Å². The molecule has 0 aliphatic rings. The van der Waals surface area contributed by atoms with E-state index in [0.717, 1.165) is 18.1 Å². The molecular weight excluding hydrogens is 387 g/mol. The molecule has 4 nitrogen and oxygen atoms in total. The minimum Gasteiger partial charge on any atom is -0.354 e. The van der Waals surface area contributed by atoms with Crippen molar-refractivity contribution in [3.8, 4) is 0 Å². The molecule has 0 spiro atoms. The Balaban J connectivity index is 0.00000441. The normalized spacial score (nSPS) is 13.3. The van der Waals surface area contributed by atoms with Gasteiger partial charge in [-0.3, -0.25) is 9.98 Å². The molecule has 0 amide bonds. The van der Waals surface area contributed by atoms with Crippen molar-refractivity contribution in [3.63, 3.8) is 0 Å². The van der Waals surface area contributed by atoms with Crippen LogP contribution in [0.2, 0.25) is 0 Å². The summed E-state index contributed by atoms with van der Waals surface area (Å²) in [6.07, 6.45) is 4.15. The lowest BCUT2D eigenvalue weighted by molar-refractivity contribution is 0.346. The summed E-state index contributed by atoms with van der Waals surface area (Å²) in [7, 11) is 1.80. The number of hydrogen-bond donors (Lipinski definition) is 2. The molecule has 0 fully saturated rings. The van der Waals surface area contributed by atoms with Crippen LogP contribution in [0.5, 0.6) is 0 Å². The van der Waals surface area contributed by atoms with Crippen molar-refractivity contribution < 1.29 is 0 Å². The molecule has 0 aliphatic heterocycles. The summed E-state index contributed by atoms with van der Waals surface area (Å²) in [6.45, 7) is 11.8. The number of aromatic nitrogens is 1. The number of nitrogens with zero attached hydrogens (tertiary/aromatic N) is 2. The Bertz CT molecular complexity index is 466. The van der Waals surface area contributed by atoms with Gasteiger partial charge >= 0.3 is 0 Å². The Morgan fingerprint density at radius 2 is 2.05 bits per heavy atom. The highest BCUT2D eigenvalue weighted by atomic mass is 127. The zero-order valence-electron chi connectivity index (χ0n) is 14.7. The summed E-state index contributed by atoms with van der Waals surface area (Å²) in [4.78, 5) is 8.67. The average Bonchev–Trinajstić information content (AvgIpc) is 2.42. The van der Waals surface area contributed by atoms with Crippen molar-refractivity contribution in [2.24, 2.45) is 10.4 Å². The largest absolute Gasteiger partial charge is 0.354 e. The summed E-state index contributed by atoms with van der Waals surface area (Å²) in [5, 5.41) is 6.77. The molecule has 2 N–H and O–H groups in total. The van der Waals surface area contributed by atoms with Crippen molar-refractivity contribution in [1.29, 1.82) is 0 Å². The third-order valence-electron chi connectivity index (χ3n) is 3.48. The van der Waals surface area contributed by atoms with Gasteiger partial charge in [-0.05, 0) is 43.7 Å². The smallest absolute Gasteiger partial charge is 0.191 e. The predicted molar refractivity (Wildman–Crippen MR) is 106 cm³/mol. The molecule has 0 bridgehead atoms. The first-order chi connectivity index (χ1) is 9.81. The van der Waals surface area contributed by atoms with E-state index in [2.05, 4.69) is 61.3 Å². The Kier molecular flexibility index (Phi) is 9.64. The van der Waals surface area contributed by atoms with Gasteiger partial charge in [-0.15, -0.1) is 24.0 Å². The molecule has 0 radical (unpaired) electrons. The van der Waals surface area contributed by atoms with Crippen LogP contribution in [0.4, 0.5) is 0 Å². The van der Waals surface area contributed by atoms with E-state index >= 15 is 0 Å². The molecule has 1 atom stereocenters. The number of pyridine rings is 1. The van der Waals surface area contributed by atoms with E-state index in [1.807, 2.05) is 12.3 Å². The highest BCUT2D eigenvalue weighted by Gasteiger charge is 2.13. The lowest BCUT2D eigenvalue weighted by atomic mass is 9.89. The first kappa shape index (κ1) is 21.1. The molecule has 0 saturated carbocycles. The van der Waals surface area contributed by atoms with Gasteiger partial charge in [0.25, 0.3) is 0 Å². The van der Waals surface area contributed by atoms with Crippen LogP contribution in [0.25, 0.3) is 0 Å². The number of aryl methyl sites for hydroxylation is 1. The average molecular weight is 418 g/mol. The van der Waals surface area contributed by atoms with Gasteiger partial charge in [0, 0.05) is 19.3 Å². The van der Waals surface area contributed by atoms with E-state index in [0.29, 0.717) is 18.0 Å². The van der Waals surface area contributed by atoms with E-state index in [1.54, 1.807) is 7.05 Å². The van der Waals surface area contributed by atoms with Crippen molar-refractivity contribution in [2.45, 2.75) is 60.0 Å². The zero-order valence-corrected chi connectivity index (χ0v) is 17.1. The van der Waals surface area contributed by atoms with Gasteiger partial charge in [-0.1, -0.05) is 26.8 Å². The lowest BCUT2D eigenvalue weighted by Crippen LogP contribution is -2.42. The van der Waals surface area contributed by atoms with Crippen LogP contribution in [0.3, 0.4) is 0 Å². The standard InChI is InChI=1S/C17H30N4.HI/c1-13-8-7-11-19-15(13)12-20-16(18-6)21-14(2)9-10-17(3,4)5;/h7-8,11,14H,9-10,12H2,1-6H3,(H2,18,20,21);1H. The molecule has 126 valence electrons. The van der Waals surface area contributed by atoms with Gasteiger partial charge in [0.05, 0.1) is 12.2 Å². The molecule has 1 unspecified atom stereocenters. The maximum atomic E-state index is 4.39. The summed E-state index contributed by atoms with van der Waals surface area (Å²) in [5.41, 5.74) is 2.63. The second-order valence-electron chi connectivity index (χ2n) is 6.84. The summed E-state index contributed by atoms with van der Waals surface area (Å²) >= 11 is 0. The third kappa shape index (κ3) is 8.56. The molecule has 1 aromatic heterocycles. The SMILES string of the molecule is CN=C(NCc1ncccc1C)NC(C)CCC(C)(C)C.I. The monoisotopic (exact) mass is 418 g/mol. The molecule has 5 heteroatoms. The molecule has 1 aromatic rings. The fourth-order valence-corrected chi connectivity index (χ4v) is 2.02. The molecule has 22 heavy (non-hydrogen) atoms. The van der Waals surface area contributed by atoms with Crippen LogP contribution >= 0.6 is 24.0 Å². The number of rotatable bonds is 5. The van der Waals surface area contributed by atoms with Crippen LogP contribution in [0.1, 0.15) is 51.8 Å². The minimum atomic E-state index is 0. The minimum absolute atomic E-state index is 0. The lowest BCUT2D eigenvalue weighted by Gasteiger charge is -2.23. The van der Waals surface area contributed by atoms with E-state index in [-0.39, 0.29) is 24.0 Å². The van der Waals surface area contributed by atoms with Gasteiger partial charge in [0.15, 0.2) is 5.96 Å². The van der Waals surface area contributed by atoms with Gasteiger partial charge in [-0.2, -0.15) is 0 Å². The quantitative estimate of drug-likeness (QED) is 0.434. The Morgan fingerprint density at radius 1 is 1.36 bits per heavy atom. The van der Waals surface area contributed by atoms with E-state index in [4.69, 9.17) is 0 Å². The van der Waals surface area contributed by atoms with Crippen molar-refractivity contribution in [3.05, 3.63) is 29.6 Å². The number of nitrogens with one attached hydrogen (secondary N) is 2. The van der Waals surface area contributed by atoms with Crippen LogP contribution in [-0.2, 0) is 6.54 Å². The summed E-state index contributed by atoms with van der Waals surface area (Å²) in [5.74, 6) is 0.835. The Hall–Kier alpha value is -0.850. The fraction of sp³-hybridized carbons (Fsp3) is 0.647. The van der Waals surface area contributed by atoms with Crippen LogP contribution in [-0.4, -0.2) is 24.0 Å². The van der Waals surface area contributed by atoms with Gasteiger partial charge in [0.2, 0.25) is 0 Å². The summed E-state index contributed by atoms with van der Waals surface area (Å²) in [6, 6.07) is 4.44. The maximum Gasteiger partial charge on any atom is 0.191 e. The van der Waals surface area contributed by atoms with Crippen LogP contribution in [0, 0.1) is 12.3 Å². The van der Waals surface area contributed by atoms with Gasteiger partial charge in [0.1, 0.15) is 0 Å². The van der Waals surface area contributed by atoms with Gasteiger partial charge in [-0.25, -0.2) is 0 Å². The number of aliphatic imine (C=N–C) groups is 1. The fourth-order valence-electron chi connectivity index (χ4n) is 2.02.